The van der Waals surface area contributed by atoms with Crippen LogP contribution in [0.25, 0.3) is 0 Å². The third-order valence-corrected chi connectivity index (χ3v) is 3.63. The average molecular weight is 248 g/mol. The van der Waals surface area contributed by atoms with E-state index in [1.54, 1.807) is 6.07 Å². The maximum atomic E-state index is 11.3. The number of carbonyl (C=O) groups is 1. The standard InChI is InChI=1S/C14H20N2O2/c15-8-10-5-3-7-13(10)18-9-11-4-1-2-6-12(11)14(16)17/h1-2,4,6,10,13H,3,5,7-9,15H2,(H2,16,17). The predicted molar refractivity (Wildman–Crippen MR) is 69.9 cm³/mol. The molecule has 0 saturated heterocycles. The molecule has 2 atom stereocenters. The Labute approximate surface area is 107 Å². The van der Waals surface area contributed by atoms with Crippen molar-refractivity contribution in [2.75, 3.05) is 6.54 Å². The van der Waals surface area contributed by atoms with Crippen molar-refractivity contribution in [2.45, 2.75) is 32.0 Å². The summed E-state index contributed by atoms with van der Waals surface area (Å²) in [5.41, 5.74) is 12.5. The van der Waals surface area contributed by atoms with Gasteiger partial charge in [-0.3, -0.25) is 4.79 Å². The van der Waals surface area contributed by atoms with Crippen molar-refractivity contribution in [3.63, 3.8) is 0 Å². The summed E-state index contributed by atoms with van der Waals surface area (Å²) in [7, 11) is 0. The van der Waals surface area contributed by atoms with E-state index in [-0.39, 0.29) is 6.10 Å². The van der Waals surface area contributed by atoms with Gasteiger partial charge in [0.2, 0.25) is 5.91 Å². The molecule has 1 aliphatic rings. The van der Waals surface area contributed by atoms with Crippen LogP contribution in [0.3, 0.4) is 0 Å². The van der Waals surface area contributed by atoms with Crippen LogP contribution in [0.1, 0.15) is 35.2 Å². The molecular weight excluding hydrogens is 228 g/mol. The highest BCUT2D eigenvalue weighted by atomic mass is 16.5. The second kappa shape index (κ2) is 5.98. The molecule has 0 aliphatic heterocycles. The van der Waals surface area contributed by atoms with Crippen molar-refractivity contribution < 1.29 is 9.53 Å². The topological polar surface area (TPSA) is 78.3 Å². The largest absolute Gasteiger partial charge is 0.373 e. The zero-order valence-electron chi connectivity index (χ0n) is 10.5. The summed E-state index contributed by atoms with van der Waals surface area (Å²) in [6.07, 6.45) is 3.58. The van der Waals surface area contributed by atoms with Gasteiger partial charge in [0.1, 0.15) is 0 Å². The lowest BCUT2D eigenvalue weighted by atomic mass is 10.1. The van der Waals surface area contributed by atoms with E-state index in [1.165, 1.54) is 6.42 Å². The van der Waals surface area contributed by atoms with Gasteiger partial charge in [0.05, 0.1) is 12.7 Å². The number of benzene rings is 1. The van der Waals surface area contributed by atoms with Gasteiger partial charge in [0, 0.05) is 5.56 Å². The Hall–Kier alpha value is -1.39. The highest BCUT2D eigenvalue weighted by Crippen LogP contribution is 2.28. The fourth-order valence-electron chi connectivity index (χ4n) is 2.58. The molecule has 1 fully saturated rings. The number of ether oxygens (including phenoxy) is 1. The Morgan fingerprint density at radius 1 is 1.33 bits per heavy atom. The van der Waals surface area contributed by atoms with Crippen LogP contribution in [0, 0.1) is 5.92 Å². The van der Waals surface area contributed by atoms with E-state index in [1.807, 2.05) is 18.2 Å². The van der Waals surface area contributed by atoms with Gasteiger partial charge < -0.3 is 16.2 Å². The maximum Gasteiger partial charge on any atom is 0.249 e. The molecule has 0 aromatic heterocycles. The van der Waals surface area contributed by atoms with Crippen molar-refractivity contribution in [1.29, 1.82) is 0 Å². The van der Waals surface area contributed by atoms with Gasteiger partial charge in [-0.05, 0) is 36.9 Å². The minimum atomic E-state index is -0.406. The second-order valence-corrected chi connectivity index (χ2v) is 4.80. The number of amides is 1. The van der Waals surface area contributed by atoms with Gasteiger partial charge in [-0.1, -0.05) is 24.6 Å². The van der Waals surface area contributed by atoms with E-state index >= 15 is 0 Å². The molecule has 1 saturated carbocycles. The number of hydrogen-bond donors (Lipinski definition) is 2. The zero-order chi connectivity index (χ0) is 13.0. The first kappa shape index (κ1) is 13.1. The summed E-state index contributed by atoms with van der Waals surface area (Å²) in [6, 6.07) is 7.31. The van der Waals surface area contributed by atoms with Gasteiger partial charge in [0.15, 0.2) is 0 Å². The Kier molecular flexibility index (Phi) is 4.33. The Morgan fingerprint density at radius 3 is 2.83 bits per heavy atom. The zero-order valence-corrected chi connectivity index (χ0v) is 10.5. The lowest BCUT2D eigenvalue weighted by Crippen LogP contribution is -2.25. The molecule has 0 radical (unpaired) electrons. The molecule has 0 bridgehead atoms. The third kappa shape index (κ3) is 2.89. The number of nitrogens with two attached hydrogens (primary N) is 2. The summed E-state index contributed by atoms with van der Waals surface area (Å²) in [4.78, 5) is 11.3. The first-order valence-electron chi connectivity index (χ1n) is 6.41. The molecule has 98 valence electrons. The molecule has 1 aliphatic carbocycles. The summed E-state index contributed by atoms with van der Waals surface area (Å²) >= 11 is 0. The van der Waals surface area contributed by atoms with Gasteiger partial charge in [-0.2, -0.15) is 0 Å². The molecule has 4 nitrogen and oxygen atoms in total. The first-order valence-corrected chi connectivity index (χ1v) is 6.41. The summed E-state index contributed by atoms with van der Waals surface area (Å²) in [6.45, 7) is 1.10. The van der Waals surface area contributed by atoms with Crippen LogP contribution >= 0.6 is 0 Å². The highest BCUT2D eigenvalue weighted by molar-refractivity contribution is 5.94. The van der Waals surface area contributed by atoms with Gasteiger partial charge in [0.25, 0.3) is 0 Å². The molecule has 1 amide bonds. The minimum Gasteiger partial charge on any atom is -0.373 e. The number of rotatable bonds is 5. The van der Waals surface area contributed by atoms with E-state index in [2.05, 4.69) is 0 Å². The Bertz CT molecular complexity index is 420. The highest BCUT2D eigenvalue weighted by Gasteiger charge is 2.26. The number of carbonyl (C=O) groups excluding carboxylic acids is 1. The van der Waals surface area contributed by atoms with Crippen molar-refractivity contribution >= 4 is 5.91 Å². The normalized spacial score (nSPS) is 23.2. The van der Waals surface area contributed by atoms with Gasteiger partial charge >= 0.3 is 0 Å². The van der Waals surface area contributed by atoms with Crippen LogP contribution in [0.4, 0.5) is 0 Å². The van der Waals surface area contributed by atoms with E-state index in [4.69, 9.17) is 16.2 Å². The van der Waals surface area contributed by atoms with Crippen LogP contribution in [-0.2, 0) is 11.3 Å². The summed E-state index contributed by atoms with van der Waals surface area (Å²) in [5.74, 6) is 0.0433. The molecular formula is C14H20N2O2. The fourth-order valence-corrected chi connectivity index (χ4v) is 2.58. The molecule has 18 heavy (non-hydrogen) atoms. The molecule has 0 heterocycles. The number of primary amides is 1. The molecule has 0 spiro atoms. The Balaban J connectivity index is 2.00. The quantitative estimate of drug-likeness (QED) is 0.827. The molecule has 1 aromatic rings. The van der Waals surface area contributed by atoms with Gasteiger partial charge in [-0.15, -0.1) is 0 Å². The smallest absolute Gasteiger partial charge is 0.249 e. The average Bonchev–Trinajstić information content (AvgIpc) is 2.84. The van der Waals surface area contributed by atoms with E-state index in [9.17, 15) is 4.79 Å². The molecule has 1 aromatic carbocycles. The van der Waals surface area contributed by atoms with E-state index < -0.39 is 5.91 Å². The summed E-state index contributed by atoms with van der Waals surface area (Å²) < 4.78 is 5.90. The van der Waals surface area contributed by atoms with Crippen LogP contribution in [0.2, 0.25) is 0 Å². The molecule has 2 unspecified atom stereocenters. The first-order chi connectivity index (χ1) is 8.72. The van der Waals surface area contributed by atoms with Crippen LogP contribution in [0.5, 0.6) is 0 Å². The second-order valence-electron chi connectivity index (χ2n) is 4.80. The third-order valence-electron chi connectivity index (χ3n) is 3.63. The summed E-state index contributed by atoms with van der Waals surface area (Å²) in [5, 5.41) is 0. The lowest BCUT2D eigenvalue weighted by molar-refractivity contribution is 0.0179. The van der Waals surface area contributed by atoms with E-state index in [0.29, 0.717) is 24.6 Å². The van der Waals surface area contributed by atoms with Crippen molar-refractivity contribution in [2.24, 2.45) is 17.4 Å². The van der Waals surface area contributed by atoms with E-state index in [0.717, 1.165) is 18.4 Å². The SMILES string of the molecule is NCC1CCCC1OCc1ccccc1C(N)=O. The lowest BCUT2D eigenvalue weighted by Gasteiger charge is -2.19. The van der Waals surface area contributed by atoms with Crippen molar-refractivity contribution in [3.05, 3.63) is 35.4 Å². The fraction of sp³-hybridized carbons (Fsp3) is 0.500. The Morgan fingerprint density at radius 2 is 2.11 bits per heavy atom. The molecule has 4 heteroatoms. The molecule has 2 rings (SSSR count). The minimum absolute atomic E-state index is 0.218. The number of hydrogen-bond acceptors (Lipinski definition) is 3. The predicted octanol–water partition coefficient (Wildman–Crippen LogP) is 1.43. The van der Waals surface area contributed by atoms with Crippen molar-refractivity contribution in [3.8, 4) is 0 Å². The van der Waals surface area contributed by atoms with Crippen molar-refractivity contribution in [1.82, 2.24) is 0 Å². The molecule has 4 N–H and O–H groups in total. The van der Waals surface area contributed by atoms with Crippen LogP contribution in [0.15, 0.2) is 24.3 Å². The van der Waals surface area contributed by atoms with Crippen LogP contribution in [-0.4, -0.2) is 18.6 Å². The monoisotopic (exact) mass is 248 g/mol. The van der Waals surface area contributed by atoms with Crippen LogP contribution < -0.4 is 11.5 Å². The maximum absolute atomic E-state index is 11.3. The van der Waals surface area contributed by atoms with Gasteiger partial charge in [-0.25, -0.2) is 0 Å².